The van der Waals surface area contributed by atoms with E-state index in [1.165, 1.54) is 0 Å². The number of hydrogen-bond donors (Lipinski definition) is 1. The van der Waals surface area contributed by atoms with Crippen molar-refractivity contribution in [1.29, 1.82) is 0 Å². The standard InChI is InChI=1S/C14H18N4O.ClH/c1-11-9-15-5-7-17(11)10-12-8-14(19)18-6-3-2-4-13(18)16-12;/h2-4,6,8,11,15H,5,7,9-10H2,1H3;1H. The minimum Gasteiger partial charge on any atom is -0.314 e. The normalized spacial score (nSPS) is 19.8. The highest BCUT2D eigenvalue weighted by molar-refractivity contribution is 5.85. The van der Waals surface area contributed by atoms with Gasteiger partial charge in [-0.15, -0.1) is 12.4 Å². The molecule has 1 aliphatic heterocycles. The van der Waals surface area contributed by atoms with Crippen LogP contribution in [0.15, 0.2) is 35.3 Å². The molecule has 3 rings (SSSR count). The van der Waals surface area contributed by atoms with Gasteiger partial charge >= 0.3 is 0 Å². The van der Waals surface area contributed by atoms with Crippen molar-refractivity contribution in [2.45, 2.75) is 19.5 Å². The molecule has 1 unspecified atom stereocenters. The number of rotatable bonds is 2. The summed E-state index contributed by atoms with van der Waals surface area (Å²) >= 11 is 0. The Morgan fingerprint density at radius 1 is 1.45 bits per heavy atom. The summed E-state index contributed by atoms with van der Waals surface area (Å²) < 4.78 is 1.57. The molecule has 6 heteroatoms. The minimum atomic E-state index is -0.0108. The molecule has 2 aromatic heterocycles. The molecule has 108 valence electrons. The summed E-state index contributed by atoms with van der Waals surface area (Å²) in [6.45, 7) is 5.92. The molecule has 1 N–H and O–H groups in total. The van der Waals surface area contributed by atoms with Gasteiger partial charge in [-0.25, -0.2) is 4.98 Å². The highest BCUT2D eigenvalue weighted by Gasteiger charge is 2.18. The average Bonchev–Trinajstić information content (AvgIpc) is 2.42. The van der Waals surface area contributed by atoms with Gasteiger partial charge in [-0.3, -0.25) is 14.1 Å². The van der Waals surface area contributed by atoms with E-state index in [0.29, 0.717) is 11.7 Å². The largest absolute Gasteiger partial charge is 0.314 e. The van der Waals surface area contributed by atoms with Gasteiger partial charge in [0.05, 0.1) is 5.69 Å². The van der Waals surface area contributed by atoms with Crippen LogP contribution in [0, 0.1) is 0 Å². The number of nitrogens with zero attached hydrogens (tertiary/aromatic N) is 3. The van der Waals surface area contributed by atoms with Gasteiger partial charge in [0, 0.05) is 44.5 Å². The predicted molar refractivity (Wildman–Crippen MR) is 81.5 cm³/mol. The van der Waals surface area contributed by atoms with E-state index in [1.54, 1.807) is 16.7 Å². The zero-order valence-corrected chi connectivity index (χ0v) is 12.3. The van der Waals surface area contributed by atoms with Gasteiger partial charge in [0.1, 0.15) is 5.65 Å². The number of hydrogen-bond acceptors (Lipinski definition) is 4. The smallest absolute Gasteiger partial charge is 0.258 e. The number of fused-ring (bicyclic) bond motifs is 1. The molecular weight excluding hydrogens is 276 g/mol. The summed E-state index contributed by atoms with van der Waals surface area (Å²) in [6, 6.07) is 7.73. The summed E-state index contributed by atoms with van der Waals surface area (Å²) in [6.07, 6.45) is 1.75. The summed E-state index contributed by atoms with van der Waals surface area (Å²) in [7, 11) is 0. The third kappa shape index (κ3) is 3.00. The van der Waals surface area contributed by atoms with Crippen LogP contribution in [0.25, 0.3) is 5.65 Å². The molecule has 3 heterocycles. The Bertz CT molecular complexity index is 642. The fourth-order valence-electron chi connectivity index (χ4n) is 2.51. The predicted octanol–water partition coefficient (Wildman–Crippen LogP) is 0.910. The van der Waals surface area contributed by atoms with Gasteiger partial charge in [0.2, 0.25) is 0 Å². The van der Waals surface area contributed by atoms with Gasteiger partial charge in [0.25, 0.3) is 5.56 Å². The first kappa shape index (κ1) is 15.0. The van der Waals surface area contributed by atoms with Crippen LogP contribution in [-0.2, 0) is 6.54 Å². The first-order valence-corrected chi connectivity index (χ1v) is 6.66. The van der Waals surface area contributed by atoms with Crippen molar-refractivity contribution in [3.05, 3.63) is 46.5 Å². The third-order valence-electron chi connectivity index (χ3n) is 3.63. The number of halogens is 1. The maximum Gasteiger partial charge on any atom is 0.258 e. The molecule has 0 radical (unpaired) electrons. The molecule has 0 bridgehead atoms. The van der Waals surface area contributed by atoms with E-state index in [1.807, 2.05) is 18.2 Å². The molecule has 0 spiro atoms. The Balaban J connectivity index is 0.00000147. The highest BCUT2D eigenvalue weighted by Crippen LogP contribution is 2.08. The molecule has 0 saturated carbocycles. The van der Waals surface area contributed by atoms with Crippen LogP contribution in [0.2, 0.25) is 0 Å². The zero-order chi connectivity index (χ0) is 13.2. The second-order valence-corrected chi connectivity index (χ2v) is 5.04. The SMILES string of the molecule is CC1CNCCN1Cc1cc(=O)n2ccccc2n1.Cl. The summed E-state index contributed by atoms with van der Waals surface area (Å²) in [5.74, 6) is 0. The van der Waals surface area contributed by atoms with Gasteiger partial charge in [-0.05, 0) is 19.1 Å². The highest BCUT2D eigenvalue weighted by atomic mass is 35.5. The molecular formula is C14H19ClN4O. The van der Waals surface area contributed by atoms with Gasteiger partial charge in [0.15, 0.2) is 0 Å². The Morgan fingerprint density at radius 2 is 2.30 bits per heavy atom. The molecule has 5 nitrogen and oxygen atoms in total. The zero-order valence-electron chi connectivity index (χ0n) is 11.5. The Labute approximate surface area is 124 Å². The molecule has 1 atom stereocenters. The molecule has 20 heavy (non-hydrogen) atoms. The maximum atomic E-state index is 12.0. The molecule has 0 aliphatic carbocycles. The van der Waals surface area contributed by atoms with E-state index in [2.05, 4.69) is 22.1 Å². The molecule has 0 amide bonds. The molecule has 1 aliphatic rings. The van der Waals surface area contributed by atoms with Crippen LogP contribution in [0.3, 0.4) is 0 Å². The van der Waals surface area contributed by atoms with Crippen molar-refractivity contribution in [2.75, 3.05) is 19.6 Å². The van der Waals surface area contributed by atoms with E-state index in [0.717, 1.165) is 31.9 Å². The lowest BCUT2D eigenvalue weighted by molar-refractivity contribution is 0.164. The van der Waals surface area contributed by atoms with Crippen molar-refractivity contribution in [3.63, 3.8) is 0 Å². The molecule has 1 saturated heterocycles. The van der Waals surface area contributed by atoms with Gasteiger partial charge in [-0.1, -0.05) is 6.07 Å². The Kier molecular flexibility index (Phi) is 4.75. The minimum absolute atomic E-state index is 0. The number of nitrogens with one attached hydrogen (secondary N) is 1. The third-order valence-corrected chi connectivity index (χ3v) is 3.63. The van der Waals surface area contributed by atoms with Crippen molar-refractivity contribution < 1.29 is 0 Å². The fraction of sp³-hybridized carbons (Fsp3) is 0.429. The number of aromatic nitrogens is 2. The lowest BCUT2D eigenvalue weighted by Gasteiger charge is -2.33. The van der Waals surface area contributed by atoms with E-state index >= 15 is 0 Å². The lowest BCUT2D eigenvalue weighted by Crippen LogP contribution is -2.49. The summed E-state index contributed by atoms with van der Waals surface area (Å²) in [5, 5.41) is 3.36. The van der Waals surface area contributed by atoms with Crippen molar-refractivity contribution in [1.82, 2.24) is 19.6 Å². The Morgan fingerprint density at radius 3 is 3.10 bits per heavy atom. The second-order valence-electron chi connectivity index (χ2n) is 5.04. The van der Waals surface area contributed by atoms with Gasteiger partial charge in [-0.2, -0.15) is 0 Å². The van der Waals surface area contributed by atoms with Crippen LogP contribution in [0.4, 0.5) is 0 Å². The number of pyridine rings is 1. The molecule has 0 aromatic carbocycles. The molecule has 1 fully saturated rings. The van der Waals surface area contributed by atoms with Crippen molar-refractivity contribution in [3.8, 4) is 0 Å². The molecule has 2 aromatic rings. The maximum absolute atomic E-state index is 12.0. The van der Waals surface area contributed by atoms with Crippen LogP contribution in [-0.4, -0.2) is 40.0 Å². The van der Waals surface area contributed by atoms with Crippen LogP contribution in [0.1, 0.15) is 12.6 Å². The van der Waals surface area contributed by atoms with E-state index in [4.69, 9.17) is 0 Å². The quantitative estimate of drug-likeness (QED) is 0.894. The van der Waals surface area contributed by atoms with Crippen LogP contribution >= 0.6 is 12.4 Å². The van der Waals surface area contributed by atoms with Crippen molar-refractivity contribution >= 4 is 18.1 Å². The Hall–Kier alpha value is -1.43. The summed E-state index contributed by atoms with van der Waals surface area (Å²) in [4.78, 5) is 18.9. The first-order valence-electron chi connectivity index (χ1n) is 6.66. The van der Waals surface area contributed by atoms with E-state index < -0.39 is 0 Å². The summed E-state index contributed by atoms with van der Waals surface area (Å²) in [5.41, 5.74) is 1.56. The van der Waals surface area contributed by atoms with Crippen LogP contribution in [0.5, 0.6) is 0 Å². The van der Waals surface area contributed by atoms with E-state index in [9.17, 15) is 4.79 Å². The first-order chi connectivity index (χ1) is 9.24. The average molecular weight is 295 g/mol. The second kappa shape index (κ2) is 6.35. The van der Waals surface area contributed by atoms with Crippen LogP contribution < -0.4 is 10.9 Å². The lowest BCUT2D eigenvalue weighted by atomic mass is 10.2. The van der Waals surface area contributed by atoms with Gasteiger partial charge < -0.3 is 5.32 Å². The number of piperazine rings is 1. The topological polar surface area (TPSA) is 49.6 Å². The van der Waals surface area contributed by atoms with Crippen molar-refractivity contribution in [2.24, 2.45) is 0 Å². The monoisotopic (exact) mass is 294 g/mol. The van der Waals surface area contributed by atoms with E-state index in [-0.39, 0.29) is 18.0 Å². The fourth-order valence-corrected chi connectivity index (χ4v) is 2.51.